The van der Waals surface area contributed by atoms with Crippen LogP contribution in [-0.2, 0) is 24.0 Å². The Kier molecular flexibility index (Phi) is 38.6. The van der Waals surface area contributed by atoms with Gasteiger partial charge in [0, 0.05) is 82.4 Å². The zero-order valence-corrected chi connectivity index (χ0v) is 91.6. The van der Waals surface area contributed by atoms with Gasteiger partial charge in [0.25, 0.3) is 0 Å². The van der Waals surface area contributed by atoms with Crippen LogP contribution in [0, 0.1) is 0 Å². The van der Waals surface area contributed by atoms with Gasteiger partial charge in [-0.3, -0.25) is 48.9 Å². The Morgan fingerprint density at radius 2 is 0.453 bits per heavy atom. The number of aliphatic carboxylic acids is 5. The van der Waals surface area contributed by atoms with E-state index in [4.69, 9.17) is 23.7 Å². The molecule has 0 spiro atoms. The van der Waals surface area contributed by atoms with E-state index in [0.717, 1.165) is 240 Å². The van der Waals surface area contributed by atoms with Crippen molar-refractivity contribution in [3.05, 3.63) is 274 Å². The monoisotopic (exact) mass is 2110 g/mol. The molecular weight excluding hydrogens is 1970 g/mol. The first-order chi connectivity index (χ1) is 72.7. The van der Waals surface area contributed by atoms with Crippen molar-refractivity contribution >= 4 is 143 Å². The van der Waals surface area contributed by atoms with Crippen LogP contribution in [0.2, 0.25) is 0 Å². The third-order valence-corrected chi connectivity index (χ3v) is 36.8. The maximum atomic E-state index is 12.3. The number of pyridine rings is 5. The quantitative estimate of drug-likeness (QED) is 0.0222. The van der Waals surface area contributed by atoms with E-state index < -0.39 is 53.6 Å². The summed E-state index contributed by atoms with van der Waals surface area (Å²) in [7, 11) is 0. The highest BCUT2D eigenvalue weighted by Crippen LogP contribution is 2.51. The number of carboxylic acids is 5. The van der Waals surface area contributed by atoms with E-state index in [-0.39, 0.29) is 0 Å². The third-order valence-electron chi connectivity index (χ3n) is 28.5. The number of benzene rings is 10. The van der Waals surface area contributed by atoms with Gasteiger partial charge >= 0.3 is 29.8 Å². The summed E-state index contributed by atoms with van der Waals surface area (Å²) in [5.74, 6) is 0.683. The summed E-state index contributed by atoms with van der Waals surface area (Å²) in [5.41, 5.74) is 15.1. The maximum Gasteiger partial charge on any atom is 0.320 e. The van der Waals surface area contributed by atoms with Crippen LogP contribution < -0.4 is 23.7 Å². The minimum Gasteiger partial charge on any atom is -0.494 e. The normalized spacial score (nSPS) is 13.7. The topological polar surface area (TPSA) is 297 Å². The Hall–Kier alpha value is -12.7. The second-order valence-corrected chi connectivity index (χ2v) is 46.0. The van der Waals surface area contributed by atoms with Crippen molar-refractivity contribution in [1.82, 2.24) is 24.9 Å². The van der Waals surface area contributed by atoms with Crippen molar-refractivity contribution in [1.29, 1.82) is 0 Å². The average molecular weight is 2110 g/mol. The molecule has 150 heavy (non-hydrogen) atoms. The summed E-state index contributed by atoms with van der Waals surface area (Å²) in [6.07, 6.45) is 31.1. The first-order valence-electron chi connectivity index (χ1n) is 53.1. The number of rotatable bonds is 44. The molecule has 4 aliphatic carbocycles. The van der Waals surface area contributed by atoms with Gasteiger partial charge in [-0.25, -0.2) is 0 Å². The summed E-state index contributed by atoms with van der Waals surface area (Å²) in [5, 5.41) is 54.7. The molecule has 4 saturated carbocycles. The van der Waals surface area contributed by atoms with Gasteiger partial charge < -0.3 is 49.2 Å². The van der Waals surface area contributed by atoms with Crippen LogP contribution in [-0.4, -0.2) is 135 Å². The van der Waals surface area contributed by atoms with Crippen LogP contribution in [0.4, 0.5) is 0 Å². The van der Waals surface area contributed by atoms with Crippen LogP contribution in [0.5, 0.6) is 28.7 Å². The number of aromatic nitrogens is 5. The molecule has 0 saturated heterocycles. The number of carbonyl (C=O) groups is 5. The van der Waals surface area contributed by atoms with Gasteiger partial charge in [-0.05, 0) is 343 Å². The highest BCUT2D eigenvalue weighted by Gasteiger charge is 2.43. The maximum absolute atomic E-state index is 12.3. The summed E-state index contributed by atoms with van der Waals surface area (Å²) < 4.78 is 25.5. The molecule has 4 aliphatic rings. The van der Waals surface area contributed by atoms with Gasteiger partial charge in [0.1, 0.15) is 52.5 Å². The van der Waals surface area contributed by atoms with E-state index in [2.05, 4.69) is 142 Å². The number of fused-ring (bicyclic) bond motifs is 5. The molecule has 25 heteroatoms. The van der Waals surface area contributed by atoms with Crippen LogP contribution in [0.1, 0.15) is 230 Å². The lowest BCUT2D eigenvalue weighted by molar-refractivity contribution is -0.141. The molecule has 5 heterocycles. The number of nitrogens with zero attached hydrogens (tertiary/aromatic N) is 5. The van der Waals surface area contributed by atoms with Gasteiger partial charge in [0.05, 0.1) is 58.6 Å². The van der Waals surface area contributed by atoms with Crippen molar-refractivity contribution in [2.45, 2.75) is 303 Å². The Morgan fingerprint density at radius 3 is 0.640 bits per heavy atom. The molecule has 0 unspecified atom stereocenters. The predicted molar refractivity (Wildman–Crippen MR) is 613 cm³/mol. The second kappa shape index (κ2) is 51.9. The Bertz CT molecular complexity index is 7210. The van der Waals surface area contributed by atoms with Gasteiger partial charge in [-0.2, -0.15) is 0 Å². The molecule has 10 aromatic carbocycles. The van der Waals surface area contributed by atoms with Crippen molar-refractivity contribution in [2.24, 2.45) is 0 Å². The minimum atomic E-state index is -0.834. The molecule has 0 atom stereocenters. The fourth-order valence-corrected chi connectivity index (χ4v) is 25.5. The summed E-state index contributed by atoms with van der Waals surface area (Å²) in [6.45, 7) is 22.4. The SMILES string of the molecule is CCC(CC)(Sc1ccnc2ccc(-c3cccc(OC4CC4)c3)cc12)C(=O)O.CCC(CC)(Sc1ccnc2ccc(-c3cccc(OC4CCC4)c3)cc12)C(=O)O.CCCC(CCC)(Sc1ccnc2ccc(-c3cccc(OC4CC4)c3)cc12)C(=O)O.CCCC(CCC)(Sc1ccnc2ccc(-c3cccc(OC4CCC4)c3)cc12)C(=O)O.CCOc1cccc(-c2ccc3nccc(SC(CC)(CC)C(=O)O)c3c2)c1. The van der Waals surface area contributed by atoms with E-state index in [1.807, 2.05) is 202 Å². The number of carboxylic acid groups (broad SMARTS) is 5. The third kappa shape index (κ3) is 27.4. The average Bonchev–Trinajstić information content (AvgIpc) is 1.08. The van der Waals surface area contributed by atoms with Crippen molar-refractivity contribution in [3.63, 3.8) is 0 Å². The van der Waals surface area contributed by atoms with Crippen molar-refractivity contribution in [3.8, 4) is 84.4 Å². The van der Waals surface area contributed by atoms with Crippen LogP contribution in [0.25, 0.3) is 110 Å². The highest BCUT2D eigenvalue weighted by molar-refractivity contribution is 8.02. The van der Waals surface area contributed by atoms with Gasteiger partial charge in [-0.1, -0.05) is 186 Å². The molecule has 0 bridgehead atoms. The Balaban J connectivity index is 0.000000140. The fourth-order valence-electron chi connectivity index (χ4n) is 18.9. The first-order valence-corrected chi connectivity index (χ1v) is 57.2. The zero-order valence-electron chi connectivity index (χ0n) is 87.6. The van der Waals surface area contributed by atoms with Crippen molar-refractivity contribution < 1.29 is 73.2 Å². The minimum absolute atomic E-state index is 0.343. The van der Waals surface area contributed by atoms with Gasteiger partial charge in [0.15, 0.2) is 0 Å². The van der Waals surface area contributed by atoms with E-state index >= 15 is 0 Å². The Labute approximate surface area is 902 Å². The van der Waals surface area contributed by atoms with Crippen LogP contribution >= 0.6 is 58.8 Å². The number of ether oxygens (including phenoxy) is 5. The summed E-state index contributed by atoms with van der Waals surface area (Å²) >= 11 is 7.26. The molecule has 19 rings (SSSR count). The van der Waals surface area contributed by atoms with Crippen LogP contribution in [0.15, 0.2) is 298 Å². The van der Waals surface area contributed by atoms with Crippen molar-refractivity contribution in [2.75, 3.05) is 6.61 Å². The van der Waals surface area contributed by atoms with Crippen LogP contribution in [0.3, 0.4) is 0 Å². The van der Waals surface area contributed by atoms with E-state index in [0.29, 0.717) is 95.2 Å². The van der Waals surface area contributed by atoms with E-state index in [1.165, 1.54) is 71.7 Å². The lowest BCUT2D eigenvalue weighted by Gasteiger charge is -2.28. The molecule has 20 nitrogen and oxygen atoms in total. The summed E-state index contributed by atoms with van der Waals surface area (Å²) in [4.78, 5) is 87.9. The van der Waals surface area contributed by atoms with Gasteiger partial charge in [-0.15, -0.1) is 58.8 Å². The molecule has 5 aromatic heterocycles. The highest BCUT2D eigenvalue weighted by atomic mass is 32.2. The number of thioether (sulfide) groups is 5. The second-order valence-electron chi connectivity index (χ2n) is 38.9. The molecule has 0 aliphatic heterocycles. The number of hydrogen-bond donors (Lipinski definition) is 5. The predicted octanol–water partition coefficient (Wildman–Crippen LogP) is 33.1. The smallest absolute Gasteiger partial charge is 0.320 e. The molecule has 5 N–H and O–H groups in total. The largest absolute Gasteiger partial charge is 0.494 e. The lowest BCUT2D eigenvalue weighted by Crippen LogP contribution is -2.34. The molecule has 0 radical (unpaired) electrons. The Morgan fingerprint density at radius 1 is 0.253 bits per heavy atom. The zero-order chi connectivity index (χ0) is 106. The van der Waals surface area contributed by atoms with Gasteiger partial charge in [0.2, 0.25) is 0 Å². The lowest BCUT2D eigenvalue weighted by atomic mass is 9.96. The molecular formula is C125H137N5O15S5. The number of hydrogen-bond acceptors (Lipinski definition) is 20. The summed E-state index contributed by atoms with van der Waals surface area (Å²) in [6, 6.07) is 81.4. The van der Waals surface area contributed by atoms with E-state index in [1.54, 1.807) is 31.0 Å². The first kappa shape index (κ1) is 111. The molecule has 782 valence electrons. The fraction of sp³-hybridized carbons (Fsp3) is 0.360. The molecule has 0 amide bonds. The molecule has 4 fully saturated rings. The molecule has 15 aromatic rings. The van der Waals surface area contributed by atoms with E-state index in [9.17, 15) is 49.5 Å². The standard InChI is InChI=1S/C27H31NO3S.C26H29NO3S.C25H27NO3S.C24H25NO3S.C23H25NO3S/c1-3-14-27(15-4-2,26(29)30)32-25-13-16-28-24-12-11-20(18-23(24)25)19-7-5-10-22(17-19)31-21-8-6-9-21;1-3-13-26(14-4-2,25(28)29)31-24-12-15-27-23-11-8-19(17-22(23)24)18-6-5-7-21(16-18)30-20-9-10-20;1-3-25(4-2,24(27)28)30-23-13-14-26-22-12-11-18(16-21(22)23)17-7-5-10-20(15-17)29-19-8-6-9-19;1-3-24(4-2,23(26)27)29-22-12-13-25-21-11-8-17(15-20(21)22)16-6-5-7-19(14-16)28-18-9-10-18;1-4-23(5-2,22(25)26)28-21-12-13-24-20-11-10-17(15-19(20)21)16-8-7-9-18(14-16)27-6-3/h5,7,10-13,16-18,21H,3-4,6,8-9,14-15H2,1-2H3,(H,29,30);5-8,11-12,15-17,20H,3-4,9-10,13-14H2,1-2H3,(H,28,29);5,7,10-16,19H,3-4,6,8-9H2,1-2H3,(H,27,28);5-8,11-15,18H,3-4,9-10H2,1-2H3,(H,26,27);7-15H,4-6H2,1-3H3,(H,25,26).